The van der Waals surface area contributed by atoms with Gasteiger partial charge in [0.2, 0.25) is 6.17 Å². The second-order valence-electron chi connectivity index (χ2n) is 8.91. The van der Waals surface area contributed by atoms with E-state index in [1.807, 2.05) is 54.6 Å². The average Bonchev–Trinajstić information content (AvgIpc) is 3.36. The minimum Gasteiger partial charge on any atom is -0.403 e. The summed E-state index contributed by atoms with van der Waals surface area (Å²) in [5.41, 5.74) is 3.46. The lowest BCUT2D eigenvalue weighted by Crippen LogP contribution is -2.39. The third-order valence-corrected chi connectivity index (χ3v) is 6.50. The number of amides is 1. The molecule has 4 aromatic rings. The average molecular weight is 512 g/mol. The van der Waals surface area contributed by atoms with Crippen molar-refractivity contribution >= 4 is 29.1 Å². The van der Waals surface area contributed by atoms with E-state index in [1.54, 1.807) is 17.7 Å². The van der Waals surface area contributed by atoms with E-state index >= 15 is 0 Å². The molecule has 0 radical (unpaired) electrons. The third-order valence-electron chi connectivity index (χ3n) is 6.50. The van der Waals surface area contributed by atoms with Crippen LogP contribution in [-0.4, -0.2) is 58.9 Å². The first-order chi connectivity index (χ1) is 18.6. The molecule has 0 bridgehead atoms. The summed E-state index contributed by atoms with van der Waals surface area (Å²) in [4.78, 5) is 32.4. The van der Waals surface area contributed by atoms with E-state index in [0.717, 1.165) is 11.1 Å². The molecule has 11 nitrogen and oxygen atoms in total. The van der Waals surface area contributed by atoms with Gasteiger partial charge in [0.15, 0.2) is 0 Å². The van der Waals surface area contributed by atoms with Crippen molar-refractivity contribution in [3.63, 3.8) is 0 Å². The summed E-state index contributed by atoms with van der Waals surface area (Å²) in [6, 6.07) is 20.3. The second-order valence-corrected chi connectivity index (χ2v) is 8.91. The number of carbonyl (C=O) groups is 1. The molecule has 6 rings (SSSR count). The number of para-hydroxylation sites is 1. The molecule has 2 aromatic heterocycles. The Balaban J connectivity index is 1.35. The van der Waals surface area contributed by atoms with Crippen molar-refractivity contribution in [3.8, 4) is 11.5 Å². The van der Waals surface area contributed by atoms with Gasteiger partial charge in [-0.3, -0.25) is 14.2 Å². The van der Waals surface area contributed by atoms with Crippen LogP contribution in [0.25, 0.3) is 11.5 Å². The van der Waals surface area contributed by atoms with Crippen molar-refractivity contribution < 1.29 is 13.9 Å². The maximum absolute atomic E-state index is 13.2. The minimum atomic E-state index is -1.02. The van der Waals surface area contributed by atoms with Crippen LogP contribution in [0, 0.1) is 0 Å². The number of ether oxygens (including phenoxy) is 1. The molecule has 2 N–H and O–H groups in total. The molecular weight excluding hydrogens is 486 g/mol. The zero-order chi connectivity index (χ0) is 26.1. The maximum atomic E-state index is 13.2. The summed E-state index contributed by atoms with van der Waals surface area (Å²) in [7, 11) is 1.71. The highest BCUT2D eigenvalue weighted by atomic mass is 16.5. The SMILES string of the molecule is Cn1c(N2CCOCC2)c(-c2nnc(N[C@H]3N=C(c4ccccc4)c4ccccc4NC3=O)o2)ccc1=O. The van der Waals surface area contributed by atoms with Gasteiger partial charge in [-0.2, -0.15) is 0 Å². The first kappa shape index (κ1) is 23.6. The van der Waals surface area contributed by atoms with Crippen LogP contribution in [0.5, 0.6) is 0 Å². The summed E-state index contributed by atoms with van der Waals surface area (Å²) in [5, 5.41) is 14.3. The quantitative estimate of drug-likeness (QED) is 0.419. The van der Waals surface area contributed by atoms with Gasteiger partial charge in [0.1, 0.15) is 5.82 Å². The highest BCUT2D eigenvalue weighted by Crippen LogP contribution is 2.30. The van der Waals surface area contributed by atoms with Crippen LogP contribution in [0.3, 0.4) is 0 Å². The van der Waals surface area contributed by atoms with Gasteiger partial charge in [-0.1, -0.05) is 53.6 Å². The van der Waals surface area contributed by atoms with Crippen LogP contribution in [0.15, 0.2) is 80.9 Å². The number of rotatable bonds is 5. The fourth-order valence-corrected chi connectivity index (χ4v) is 4.64. The van der Waals surface area contributed by atoms with E-state index < -0.39 is 6.17 Å². The Bertz CT molecular complexity index is 1570. The molecule has 0 saturated carbocycles. The number of nitrogens with zero attached hydrogens (tertiary/aromatic N) is 5. The van der Waals surface area contributed by atoms with Gasteiger partial charge in [-0.25, -0.2) is 4.99 Å². The van der Waals surface area contributed by atoms with Crippen molar-refractivity contribution in [1.82, 2.24) is 14.8 Å². The number of hydrogen-bond acceptors (Lipinski definition) is 9. The first-order valence-electron chi connectivity index (χ1n) is 12.2. The number of aromatic nitrogens is 3. The molecule has 1 atom stereocenters. The second kappa shape index (κ2) is 9.94. The largest absolute Gasteiger partial charge is 0.403 e. The lowest BCUT2D eigenvalue weighted by molar-refractivity contribution is -0.116. The number of nitrogens with one attached hydrogen (secondary N) is 2. The minimum absolute atomic E-state index is 0.0315. The summed E-state index contributed by atoms with van der Waals surface area (Å²) in [6.07, 6.45) is -1.02. The third kappa shape index (κ3) is 4.43. The molecule has 38 heavy (non-hydrogen) atoms. The topological polar surface area (TPSA) is 127 Å². The van der Waals surface area contributed by atoms with Crippen LogP contribution in [-0.2, 0) is 16.6 Å². The highest BCUT2D eigenvalue weighted by Gasteiger charge is 2.28. The predicted molar refractivity (Wildman–Crippen MR) is 143 cm³/mol. The number of anilines is 3. The maximum Gasteiger partial charge on any atom is 0.317 e. The molecule has 11 heteroatoms. The number of morpholine rings is 1. The number of pyridine rings is 1. The van der Waals surface area contributed by atoms with Crippen LogP contribution < -0.4 is 21.1 Å². The van der Waals surface area contributed by atoms with Gasteiger partial charge < -0.3 is 24.7 Å². The Kier molecular flexibility index (Phi) is 6.18. The molecule has 0 aliphatic carbocycles. The smallest absolute Gasteiger partial charge is 0.317 e. The number of benzodiazepines with no additional fused rings is 1. The van der Waals surface area contributed by atoms with Gasteiger partial charge in [-0.15, -0.1) is 5.10 Å². The molecule has 0 spiro atoms. The molecule has 2 aromatic carbocycles. The normalized spacial score (nSPS) is 17.3. The standard InChI is InChI=1S/C27H25N7O4/c1-33-21(35)12-11-19(26(33)34-13-15-37-16-14-34)25-31-32-27(38-25)30-23-24(36)28-20-10-6-5-9-18(20)22(29-23)17-7-3-2-4-8-17/h2-12,23H,13-16H2,1H3,(H,28,36)(H,30,32)/t23-/m1/s1. The molecule has 1 amide bonds. The zero-order valence-corrected chi connectivity index (χ0v) is 20.6. The number of carbonyl (C=O) groups excluding carboxylic acids is 1. The fraction of sp³-hybridized carbons (Fsp3) is 0.222. The molecular formula is C27H25N7O4. The number of aliphatic imine (C=N–C) groups is 1. The van der Waals surface area contributed by atoms with E-state index in [9.17, 15) is 9.59 Å². The monoisotopic (exact) mass is 511 g/mol. The molecule has 2 aliphatic rings. The Morgan fingerprint density at radius 2 is 1.68 bits per heavy atom. The predicted octanol–water partition coefficient (Wildman–Crippen LogP) is 2.50. The molecule has 1 fully saturated rings. The van der Waals surface area contributed by atoms with E-state index in [1.165, 1.54) is 6.07 Å². The van der Waals surface area contributed by atoms with Crippen LogP contribution in [0.2, 0.25) is 0 Å². The number of hydrogen-bond donors (Lipinski definition) is 2. The van der Waals surface area contributed by atoms with Gasteiger partial charge >= 0.3 is 6.01 Å². The van der Waals surface area contributed by atoms with Crippen LogP contribution >= 0.6 is 0 Å². The van der Waals surface area contributed by atoms with Crippen molar-refractivity contribution in [2.75, 3.05) is 41.8 Å². The van der Waals surface area contributed by atoms with Crippen molar-refractivity contribution in [2.45, 2.75) is 6.17 Å². The summed E-state index contributed by atoms with van der Waals surface area (Å²) < 4.78 is 13.0. The molecule has 0 unspecified atom stereocenters. The van der Waals surface area contributed by atoms with Gasteiger partial charge in [0.25, 0.3) is 17.4 Å². The first-order valence-corrected chi connectivity index (χ1v) is 12.2. The Labute approximate surface area is 217 Å². The Morgan fingerprint density at radius 1 is 0.921 bits per heavy atom. The molecule has 2 aliphatic heterocycles. The van der Waals surface area contributed by atoms with Gasteiger partial charge in [0.05, 0.1) is 30.2 Å². The summed E-state index contributed by atoms with van der Waals surface area (Å²) in [5.74, 6) is 0.524. The van der Waals surface area contributed by atoms with E-state index in [4.69, 9.17) is 14.1 Å². The fourth-order valence-electron chi connectivity index (χ4n) is 4.64. The lowest BCUT2D eigenvalue weighted by atomic mass is 10.0. The number of fused-ring (bicyclic) bond motifs is 1. The Hall–Kier alpha value is -4.77. The lowest BCUT2D eigenvalue weighted by Gasteiger charge is -2.31. The van der Waals surface area contributed by atoms with E-state index in [2.05, 4.69) is 25.7 Å². The van der Waals surface area contributed by atoms with Gasteiger partial charge in [-0.05, 0) is 12.1 Å². The molecule has 192 valence electrons. The van der Waals surface area contributed by atoms with Crippen molar-refractivity contribution in [3.05, 3.63) is 88.2 Å². The number of benzene rings is 2. The Morgan fingerprint density at radius 3 is 2.50 bits per heavy atom. The molecule has 4 heterocycles. The van der Waals surface area contributed by atoms with Crippen molar-refractivity contribution in [2.24, 2.45) is 12.0 Å². The van der Waals surface area contributed by atoms with E-state index in [0.29, 0.717) is 49.1 Å². The summed E-state index contributed by atoms with van der Waals surface area (Å²) in [6.45, 7) is 2.37. The van der Waals surface area contributed by atoms with Crippen LogP contribution in [0.1, 0.15) is 11.1 Å². The summed E-state index contributed by atoms with van der Waals surface area (Å²) >= 11 is 0. The van der Waals surface area contributed by atoms with E-state index in [-0.39, 0.29) is 23.4 Å². The zero-order valence-electron chi connectivity index (χ0n) is 20.6. The van der Waals surface area contributed by atoms with Crippen LogP contribution in [0.4, 0.5) is 17.5 Å². The molecule has 1 saturated heterocycles. The highest BCUT2D eigenvalue weighted by molar-refractivity contribution is 6.19. The van der Waals surface area contributed by atoms with Gasteiger partial charge in [0, 0.05) is 37.3 Å². The van der Waals surface area contributed by atoms with Crippen molar-refractivity contribution in [1.29, 1.82) is 0 Å².